The van der Waals surface area contributed by atoms with Gasteiger partial charge in [-0.25, -0.2) is 17.9 Å². The largest absolute Gasteiger partial charge is 0.317 e. The van der Waals surface area contributed by atoms with Crippen LogP contribution in [0.5, 0.6) is 0 Å². The lowest BCUT2D eigenvalue weighted by molar-refractivity contribution is 0.101. The Morgan fingerprint density at radius 2 is 1.66 bits per heavy atom. The number of amides is 1. The molecule has 1 aromatic heterocycles. The van der Waals surface area contributed by atoms with Gasteiger partial charge in [-0.2, -0.15) is 4.68 Å². The number of nitrogens with one attached hydrogen (secondary N) is 1. The predicted molar refractivity (Wildman–Crippen MR) is 128 cm³/mol. The molecular weight excluding hydrogens is 471 g/mol. The molecule has 4 aromatic carbocycles. The van der Waals surface area contributed by atoms with Crippen LogP contribution in [0.15, 0.2) is 89.8 Å². The van der Waals surface area contributed by atoms with Gasteiger partial charge in [0.2, 0.25) is 15.8 Å². The summed E-state index contributed by atoms with van der Waals surface area (Å²) in [5, 5.41) is 21.0. The van der Waals surface area contributed by atoms with Gasteiger partial charge in [-0.3, -0.25) is 4.79 Å². The van der Waals surface area contributed by atoms with Crippen LogP contribution in [-0.4, -0.2) is 34.5 Å². The molecule has 0 fully saturated rings. The number of fused-ring (bicyclic) bond motifs is 1. The number of sulfonamides is 1. The van der Waals surface area contributed by atoms with Crippen molar-refractivity contribution in [2.75, 3.05) is 5.32 Å². The number of tetrazole rings is 1. The molecule has 1 heterocycles. The lowest BCUT2D eigenvalue weighted by Crippen LogP contribution is -2.19. The van der Waals surface area contributed by atoms with E-state index >= 15 is 0 Å². The normalized spacial score (nSPS) is 11.5. The molecule has 3 N–H and O–H groups in total. The Labute approximate surface area is 199 Å². The second kappa shape index (κ2) is 8.70. The summed E-state index contributed by atoms with van der Waals surface area (Å²) in [6, 6.07) is 23.1. The summed E-state index contributed by atoms with van der Waals surface area (Å²) in [6.45, 7) is 0. The van der Waals surface area contributed by atoms with Crippen LogP contribution in [0.1, 0.15) is 10.6 Å². The minimum atomic E-state index is -4.02. The Morgan fingerprint density at radius 1 is 0.914 bits per heavy atom. The van der Waals surface area contributed by atoms with E-state index < -0.39 is 21.7 Å². The Kier molecular flexibility index (Phi) is 5.55. The van der Waals surface area contributed by atoms with Gasteiger partial charge in [0.1, 0.15) is 5.82 Å². The number of hydrogen-bond donors (Lipinski definition) is 2. The standard InChI is InChI=1S/C24H17FN6O3S/c25-20-14-17(19-7-3-4-8-22(19)35(26,33)34)10-12-21(20)27-24(32)23-28-29-30-31(23)18-11-9-15-5-1-2-6-16(15)13-18/h1-14H,(H,27,32)(H2,26,33,34). The van der Waals surface area contributed by atoms with Gasteiger partial charge in [0.05, 0.1) is 16.3 Å². The van der Waals surface area contributed by atoms with E-state index in [0.717, 1.165) is 16.8 Å². The van der Waals surface area contributed by atoms with Crippen molar-refractivity contribution in [2.24, 2.45) is 5.14 Å². The van der Waals surface area contributed by atoms with Crippen molar-refractivity contribution < 1.29 is 17.6 Å². The van der Waals surface area contributed by atoms with E-state index in [-0.39, 0.29) is 27.5 Å². The fourth-order valence-electron chi connectivity index (χ4n) is 3.73. The molecule has 0 saturated carbocycles. The van der Waals surface area contributed by atoms with Crippen LogP contribution in [0.4, 0.5) is 10.1 Å². The zero-order chi connectivity index (χ0) is 24.6. The highest BCUT2D eigenvalue weighted by Crippen LogP contribution is 2.29. The maximum atomic E-state index is 14.9. The number of nitrogens with two attached hydrogens (primary N) is 1. The van der Waals surface area contributed by atoms with Crippen molar-refractivity contribution in [1.29, 1.82) is 0 Å². The van der Waals surface area contributed by atoms with E-state index in [4.69, 9.17) is 5.14 Å². The lowest BCUT2D eigenvalue weighted by atomic mass is 10.0. The van der Waals surface area contributed by atoms with Crippen LogP contribution >= 0.6 is 0 Å². The van der Waals surface area contributed by atoms with Gasteiger partial charge in [0, 0.05) is 5.56 Å². The number of anilines is 1. The molecule has 0 unspecified atom stereocenters. The molecule has 0 aliphatic carbocycles. The van der Waals surface area contributed by atoms with E-state index in [0.29, 0.717) is 5.69 Å². The van der Waals surface area contributed by atoms with Gasteiger partial charge in [0.15, 0.2) is 0 Å². The number of carbonyl (C=O) groups excluding carboxylic acids is 1. The number of rotatable bonds is 5. The second-order valence-electron chi connectivity index (χ2n) is 7.64. The molecule has 0 radical (unpaired) electrons. The van der Waals surface area contributed by atoms with Gasteiger partial charge in [-0.05, 0) is 57.1 Å². The summed E-state index contributed by atoms with van der Waals surface area (Å²) in [5.74, 6) is -1.63. The van der Waals surface area contributed by atoms with E-state index in [1.165, 1.54) is 35.0 Å². The molecule has 35 heavy (non-hydrogen) atoms. The Morgan fingerprint density at radius 3 is 2.43 bits per heavy atom. The fraction of sp³-hybridized carbons (Fsp3) is 0. The molecule has 0 atom stereocenters. The van der Waals surface area contributed by atoms with Crippen molar-refractivity contribution in [1.82, 2.24) is 20.2 Å². The van der Waals surface area contributed by atoms with Crippen molar-refractivity contribution in [3.63, 3.8) is 0 Å². The van der Waals surface area contributed by atoms with E-state index in [1.807, 2.05) is 36.4 Å². The molecule has 1 amide bonds. The number of primary sulfonamides is 1. The molecule has 174 valence electrons. The average Bonchev–Trinajstić information content (AvgIpc) is 3.35. The third kappa shape index (κ3) is 4.37. The van der Waals surface area contributed by atoms with E-state index in [1.54, 1.807) is 12.1 Å². The monoisotopic (exact) mass is 488 g/mol. The number of carbonyl (C=O) groups is 1. The highest BCUT2D eigenvalue weighted by molar-refractivity contribution is 7.89. The third-order valence-corrected chi connectivity index (χ3v) is 6.34. The summed E-state index contributed by atoms with van der Waals surface area (Å²) in [4.78, 5) is 12.8. The summed E-state index contributed by atoms with van der Waals surface area (Å²) in [7, 11) is -4.02. The second-order valence-corrected chi connectivity index (χ2v) is 9.17. The third-order valence-electron chi connectivity index (χ3n) is 5.37. The average molecular weight is 489 g/mol. The molecule has 0 aliphatic heterocycles. The maximum absolute atomic E-state index is 14.9. The van der Waals surface area contributed by atoms with Crippen LogP contribution < -0.4 is 10.5 Å². The van der Waals surface area contributed by atoms with Gasteiger partial charge in [0.25, 0.3) is 5.91 Å². The molecule has 5 rings (SSSR count). The zero-order valence-corrected chi connectivity index (χ0v) is 18.8. The minimum absolute atomic E-state index is 0.125. The van der Waals surface area contributed by atoms with Gasteiger partial charge >= 0.3 is 0 Å². The lowest BCUT2D eigenvalue weighted by Gasteiger charge is -2.11. The first-order chi connectivity index (χ1) is 16.8. The Balaban J connectivity index is 1.44. The maximum Gasteiger partial charge on any atom is 0.295 e. The number of aromatic nitrogens is 4. The molecular formula is C24H17FN6O3S. The zero-order valence-electron chi connectivity index (χ0n) is 18.0. The fourth-order valence-corrected chi connectivity index (χ4v) is 4.49. The topological polar surface area (TPSA) is 133 Å². The van der Waals surface area contributed by atoms with Crippen LogP contribution in [-0.2, 0) is 10.0 Å². The Hall–Kier alpha value is -4.48. The number of halogens is 1. The first-order valence-corrected chi connectivity index (χ1v) is 11.9. The molecule has 11 heteroatoms. The van der Waals surface area contributed by atoms with Gasteiger partial charge in [-0.1, -0.05) is 54.6 Å². The molecule has 5 aromatic rings. The van der Waals surface area contributed by atoms with Crippen molar-refractivity contribution in [3.05, 3.63) is 96.6 Å². The molecule has 0 spiro atoms. The number of benzene rings is 4. The summed E-state index contributed by atoms with van der Waals surface area (Å²) < 4.78 is 39.9. The van der Waals surface area contributed by atoms with Gasteiger partial charge in [-0.15, -0.1) is 5.10 Å². The minimum Gasteiger partial charge on any atom is -0.317 e. The highest BCUT2D eigenvalue weighted by Gasteiger charge is 2.20. The predicted octanol–water partition coefficient (Wildman–Crippen LogP) is 3.52. The van der Waals surface area contributed by atoms with E-state index in [2.05, 4.69) is 20.8 Å². The van der Waals surface area contributed by atoms with Crippen molar-refractivity contribution in [3.8, 4) is 16.8 Å². The van der Waals surface area contributed by atoms with E-state index in [9.17, 15) is 17.6 Å². The molecule has 0 bridgehead atoms. The smallest absolute Gasteiger partial charge is 0.295 e. The quantitative estimate of drug-likeness (QED) is 0.389. The van der Waals surface area contributed by atoms with Crippen LogP contribution in [0.2, 0.25) is 0 Å². The van der Waals surface area contributed by atoms with Crippen molar-refractivity contribution >= 4 is 32.4 Å². The van der Waals surface area contributed by atoms with Gasteiger partial charge < -0.3 is 5.32 Å². The SMILES string of the molecule is NS(=O)(=O)c1ccccc1-c1ccc(NC(=O)c2nnnn2-c2ccc3ccccc3c2)c(F)c1. The Bertz CT molecular complexity index is 1700. The van der Waals surface area contributed by atoms with Crippen LogP contribution in [0.25, 0.3) is 27.6 Å². The first kappa shape index (κ1) is 22.3. The summed E-state index contributed by atoms with van der Waals surface area (Å²) in [6.07, 6.45) is 0. The number of nitrogens with zero attached hydrogens (tertiary/aromatic N) is 4. The summed E-state index contributed by atoms with van der Waals surface area (Å²) in [5.41, 5.74) is 0.965. The van der Waals surface area contributed by atoms with Crippen LogP contribution in [0.3, 0.4) is 0 Å². The number of hydrogen-bond acceptors (Lipinski definition) is 6. The van der Waals surface area contributed by atoms with Crippen LogP contribution in [0, 0.1) is 5.82 Å². The molecule has 0 saturated heterocycles. The van der Waals surface area contributed by atoms with Crippen molar-refractivity contribution in [2.45, 2.75) is 4.90 Å². The molecule has 9 nitrogen and oxygen atoms in total. The highest BCUT2D eigenvalue weighted by atomic mass is 32.2. The molecule has 0 aliphatic rings. The first-order valence-electron chi connectivity index (χ1n) is 10.3. The summed E-state index contributed by atoms with van der Waals surface area (Å²) >= 11 is 0.